The number of ether oxygens (including phenoxy) is 1. The van der Waals surface area contributed by atoms with Gasteiger partial charge in [-0.2, -0.15) is 5.26 Å². The number of hydrogen-bond acceptors (Lipinski definition) is 5. The highest BCUT2D eigenvalue weighted by atomic mass is 79.9. The molecular weight excluding hydrogens is 328 g/mol. The van der Waals surface area contributed by atoms with E-state index in [0.717, 1.165) is 9.13 Å². The third-order valence-corrected chi connectivity index (χ3v) is 3.05. The van der Waals surface area contributed by atoms with Crippen LogP contribution in [-0.4, -0.2) is 14.1 Å². The van der Waals surface area contributed by atoms with Crippen molar-refractivity contribution in [3.8, 4) is 17.7 Å². The summed E-state index contributed by atoms with van der Waals surface area (Å²) in [6.45, 7) is 0. The molecule has 0 fully saturated rings. The van der Waals surface area contributed by atoms with Crippen molar-refractivity contribution in [2.24, 2.45) is 14.1 Å². The number of nitrogens with zero attached hydrogens (tertiary/aromatic N) is 4. The molecule has 0 N–H and O–H groups in total. The Kier molecular flexibility index (Phi) is 3.72. The van der Waals surface area contributed by atoms with Crippen molar-refractivity contribution in [3.05, 3.63) is 49.3 Å². The van der Waals surface area contributed by atoms with E-state index in [0.29, 0.717) is 10.2 Å². The number of halogens is 1. The summed E-state index contributed by atoms with van der Waals surface area (Å²) in [5.74, 6) is 0.194. The first-order valence-electron chi connectivity index (χ1n) is 5.44. The molecule has 0 radical (unpaired) electrons. The van der Waals surface area contributed by atoms with E-state index in [1.165, 1.54) is 20.3 Å². The average molecular weight is 337 g/mol. The molecule has 8 heteroatoms. The van der Waals surface area contributed by atoms with Crippen LogP contribution in [-0.2, 0) is 14.1 Å². The lowest BCUT2D eigenvalue weighted by atomic mass is 10.3. The molecule has 0 bridgehead atoms. The van der Waals surface area contributed by atoms with Gasteiger partial charge in [-0.1, -0.05) is 0 Å². The fourth-order valence-electron chi connectivity index (χ4n) is 1.60. The minimum Gasteiger partial charge on any atom is -0.437 e. The molecule has 0 aliphatic carbocycles. The maximum Gasteiger partial charge on any atom is 0.333 e. The molecule has 0 amide bonds. The molecule has 2 rings (SSSR count). The molecule has 7 nitrogen and oxygen atoms in total. The molecule has 0 aromatic carbocycles. The third kappa shape index (κ3) is 2.35. The lowest BCUT2D eigenvalue weighted by Crippen LogP contribution is -2.38. The van der Waals surface area contributed by atoms with Crippen LogP contribution in [0.25, 0.3) is 0 Å². The van der Waals surface area contributed by atoms with Crippen molar-refractivity contribution in [2.75, 3.05) is 0 Å². The lowest BCUT2D eigenvalue weighted by molar-refractivity contribution is 0.419. The van der Waals surface area contributed by atoms with Gasteiger partial charge in [-0.05, 0) is 22.0 Å². The van der Waals surface area contributed by atoms with Gasteiger partial charge in [-0.25, -0.2) is 4.79 Å². The summed E-state index contributed by atoms with van der Waals surface area (Å²) >= 11 is 3.23. The summed E-state index contributed by atoms with van der Waals surface area (Å²) in [6, 6.07) is 3.36. The highest BCUT2D eigenvalue weighted by molar-refractivity contribution is 9.10. The van der Waals surface area contributed by atoms with E-state index in [2.05, 4.69) is 20.9 Å². The van der Waals surface area contributed by atoms with Gasteiger partial charge in [0, 0.05) is 24.8 Å². The van der Waals surface area contributed by atoms with Crippen LogP contribution in [0.2, 0.25) is 0 Å². The van der Waals surface area contributed by atoms with E-state index in [1.807, 2.05) is 0 Å². The van der Waals surface area contributed by atoms with E-state index in [4.69, 9.17) is 10.00 Å². The zero-order valence-electron chi connectivity index (χ0n) is 10.6. The van der Waals surface area contributed by atoms with Crippen LogP contribution in [0.1, 0.15) is 5.56 Å². The largest absolute Gasteiger partial charge is 0.437 e. The Balaban J connectivity index is 2.66. The number of rotatable bonds is 2. The van der Waals surface area contributed by atoms with Gasteiger partial charge in [0.05, 0.1) is 6.20 Å². The Morgan fingerprint density at radius 1 is 1.30 bits per heavy atom. The van der Waals surface area contributed by atoms with Gasteiger partial charge in [0.1, 0.15) is 11.8 Å². The van der Waals surface area contributed by atoms with Crippen molar-refractivity contribution < 1.29 is 4.74 Å². The van der Waals surface area contributed by atoms with Crippen LogP contribution in [0.3, 0.4) is 0 Å². The third-order valence-electron chi connectivity index (χ3n) is 2.62. The zero-order chi connectivity index (χ0) is 14.9. The number of pyridine rings is 1. The first-order valence-corrected chi connectivity index (χ1v) is 6.23. The lowest BCUT2D eigenvalue weighted by Gasteiger charge is -2.12. The van der Waals surface area contributed by atoms with Gasteiger partial charge in [0.15, 0.2) is 5.56 Å². The summed E-state index contributed by atoms with van der Waals surface area (Å²) in [7, 11) is 2.72. The molecule has 20 heavy (non-hydrogen) atoms. The number of hydrogen-bond donors (Lipinski definition) is 0. The number of nitriles is 1. The van der Waals surface area contributed by atoms with Gasteiger partial charge in [-0.15, -0.1) is 0 Å². The molecule has 102 valence electrons. The van der Waals surface area contributed by atoms with Crippen molar-refractivity contribution in [1.29, 1.82) is 5.26 Å². The second kappa shape index (κ2) is 5.30. The molecule has 0 saturated carbocycles. The fraction of sp³-hybridized carbons (Fsp3) is 0.167. The minimum atomic E-state index is -0.700. The van der Waals surface area contributed by atoms with Crippen LogP contribution in [0.5, 0.6) is 11.6 Å². The van der Waals surface area contributed by atoms with E-state index in [9.17, 15) is 9.59 Å². The van der Waals surface area contributed by atoms with Gasteiger partial charge in [0.25, 0.3) is 5.56 Å². The molecule has 2 aromatic rings. The predicted octanol–water partition coefficient (Wildman–Crippen LogP) is 0.905. The minimum absolute atomic E-state index is 0.111. The fourth-order valence-corrected chi connectivity index (χ4v) is 1.94. The Bertz CT molecular complexity index is 832. The van der Waals surface area contributed by atoms with E-state index >= 15 is 0 Å². The second-order valence-corrected chi connectivity index (χ2v) is 4.85. The quantitative estimate of drug-likeness (QED) is 0.812. The summed E-state index contributed by atoms with van der Waals surface area (Å²) in [5, 5.41) is 9.09. The van der Waals surface area contributed by atoms with Crippen LogP contribution in [0, 0.1) is 11.3 Å². The molecule has 0 saturated heterocycles. The normalized spacial score (nSPS) is 10.1. The van der Waals surface area contributed by atoms with Gasteiger partial charge < -0.3 is 4.74 Å². The second-order valence-electron chi connectivity index (χ2n) is 3.94. The molecule has 0 atom stereocenters. The Labute approximate surface area is 121 Å². The van der Waals surface area contributed by atoms with Crippen molar-refractivity contribution >= 4 is 15.9 Å². The summed E-state index contributed by atoms with van der Waals surface area (Å²) < 4.78 is 8.08. The first-order chi connectivity index (χ1) is 9.45. The topological polar surface area (TPSA) is 89.9 Å². The molecule has 0 aliphatic heterocycles. The van der Waals surface area contributed by atoms with Crippen molar-refractivity contribution in [2.45, 2.75) is 0 Å². The molecule has 0 aliphatic rings. The summed E-state index contributed by atoms with van der Waals surface area (Å²) in [5.41, 5.74) is -1.52. The van der Waals surface area contributed by atoms with Crippen LogP contribution in [0.15, 0.2) is 32.5 Å². The highest BCUT2D eigenvalue weighted by Gasteiger charge is 2.17. The molecule has 2 aromatic heterocycles. The van der Waals surface area contributed by atoms with E-state index in [1.54, 1.807) is 18.3 Å². The van der Waals surface area contributed by atoms with E-state index in [-0.39, 0.29) is 11.4 Å². The average Bonchev–Trinajstić information content (AvgIpc) is 2.43. The summed E-state index contributed by atoms with van der Waals surface area (Å²) in [4.78, 5) is 27.6. The first kappa shape index (κ1) is 14.0. The smallest absolute Gasteiger partial charge is 0.333 e. The molecular formula is C12H9BrN4O3. The Hall–Kier alpha value is -2.40. The van der Waals surface area contributed by atoms with Crippen LogP contribution < -0.4 is 16.0 Å². The molecule has 0 spiro atoms. The Morgan fingerprint density at radius 2 is 2.00 bits per heavy atom. The number of aromatic nitrogens is 3. The highest BCUT2D eigenvalue weighted by Crippen LogP contribution is 2.23. The molecule has 0 unspecified atom stereocenters. The Morgan fingerprint density at radius 3 is 2.60 bits per heavy atom. The van der Waals surface area contributed by atoms with Gasteiger partial charge >= 0.3 is 5.69 Å². The SMILES string of the molecule is Cn1c(Oc2cncc(Br)c2)c(C#N)c(=O)n(C)c1=O. The maximum absolute atomic E-state index is 11.9. The standard InChI is InChI=1S/C12H9BrN4O3/c1-16-10(18)9(4-14)11(17(2)12(16)19)20-8-3-7(13)5-15-6-8/h3,5-6H,1-2H3. The van der Waals surface area contributed by atoms with E-state index < -0.39 is 11.2 Å². The monoisotopic (exact) mass is 336 g/mol. The summed E-state index contributed by atoms with van der Waals surface area (Å²) in [6.07, 6.45) is 2.97. The van der Waals surface area contributed by atoms with Crippen molar-refractivity contribution in [1.82, 2.24) is 14.1 Å². The van der Waals surface area contributed by atoms with Crippen LogP contribution in [0.4, 0.5) is 0 Å². The predicted molar refractivity (Wildman–Crippen MR) is 73.7 cm³/mol. The van der Waals surface area contributed by atoms with Gasteiger partial charge in [-0.3, -0.25) is 18.9 Å². The maximum atomic E-state index is 11.9. The van der Waals surface area contributed by atoms with Crippen molar-refractivity contribution in [3.63, 3.8) is 0 Å². The zero-order valence-corrected chi connectivity index (χ0v) is 12.2. The van der Waals surface area contributed by atoms with Gasteiger partial charge in [0.2, 0.25) is 5.88 Å². The molecule has 2 heterocycles. The van der Waals surface area contributed by atoms with Crippen LogP contribution >= 0.6 is 15.9 Å².